The lowest BCUT2D eigenvalue weighted by Crippen LogP contribution is -2.32. The van der Waals surface area contributed by atoms with Crippen molar-refractivity contribution < 1.29 is 4.74 Å². The van der Waals surface area contributed by atoms with Gasteiger partial charge in [-0.1, -0.05) is 20.3 Å². The van der Waals surface area contributed by atoms with E-state index in [1.165, 1.54) is 13.0 Å². The van der Waals surface area contributed by atoms with Gasteiger partial charge in [-0.05, 0) is 25.9 Å². The Balaban J connectivity index is 3.20. The van der Waals surface area contributed by atoms with E-state index in [2.05, 4.69) is 31.1 Å². The monoisotopic (exact) mass is 216 g/mol. The highest BCUT2D eigenvalue weighted by molar-refractivity contribution is 4.59. The summed E-state index contributed by atoms with van der Waals surface area (Å²) in [5.41, 5.74) is 0. The first kappa shape index (κ1) is 14.9. The van der Waals surface area contributed by atoms with Gasteiger partial charge >= 0.3 is 0 Å². The number of hydrogen-bond donors (Lipinski definition) is 1. The van der Waals surface area contributed by atoms with Crippen LogP contribution in [0.5, 0.6) is 0 Å². The molecular weight excluding hydrogens is 188 g/mol. The summed E-state index contributed by atoms with van der Waals surface area (Å²) in [6.07, 6.45) is 2.37. The van der Waals surface area contributed by atoms with Crippen molar-refractivity contribution in [1.29, 1.82) is 0 Å². The van der Waals surface area contributed by atoms with Crippen molar-refractivity contribution >= 4 is 0 Å². The molecule has 0 fully saturated rings. The second-order valence-electron chi connectivity index (χ2n) is 4.37. The van der Waals surface area contributed by atoms with Gasteiger partial charge in [-0.3, -0.25) is 0 Å². The van der Waals surface area contributed by atoms with E-state index in [1.54, 1.807) is 7.11 Å². The molecule has 0 bridgehead atoms. The standard InChI is InChI=1S/C12H28N2O/c1-5-12(2)11-14(3)9-8-13-7-6-10-15-4/h12-13H,5-11H2,1-4H3. The Morgan fingerprint density at radius 3 is 2.67 bits per heavy atom. The van der Waals surface area contributed by atoms with Crippen molar-refractivity contribution in [3.63, 3.8) is 0 Å². The maximum absolute atomic E-state index is 4.99. The Morgan fingerprint density at radius 1 is 1.33 bits per heavy atom. The van der Waals surface area contributed by atoms with Crippen LogP contribution in [0.1, 0.15) is 26.7 Å². The average molecular weight is 216 g/mol. The highest BCUT2D eigenvalue weighted by Crippen LogP contribution is 2.01. The van der Waals surface area contributed by atoms with Gasteiger partial charge in [-0.15, -0.1) is 0 Å². The lowest BCUT2D eigenvalue weighted by atomic mass is 10.1. The average Bonchev–Trinajstić information content (AvgIpc) is 2.23. The van der Waals surface area contributed by atoms with Gasteiger partial charge in [0.2, 0.25) is 0 Å². The quantitative estimate of drug-likeness (QED) is 0.561. The summed E-state index contributed by atoms with van der Waals surface area (Å²) in [5.74, 6) is 0.809. The Bertz CT molecular complexity index is 131. The van der Waals surface area contributed by atoms with Gasteiger partial charge < -0.3 is 15.0 Å². The Kier molecular flexibility index (Phi) is 10.3. The molecule has 0 aromatic carbocycles. The molecule has 0 aliphatic carbocycles. The molecule has 0 aromatic rings. The molecule has 0 amide bonds. The van der Waals surface area contributed by atoms with Crippen LogP contribution in [-0.2, 0) is 4.74 Å². The van der Waals surface area contributed by atoms with Gasteiger partial charge in [0.1, 0.15) is 0 Å². The number of likely N-dealkylation sites (N-methyl/N-ethyl adjacent to an activating group) is 1. The summed E-state index contributed by atoms with van der Waals surface area (Å²) < 4.78 is 4.99. The van der Waals surface area contributed by atoms with E-state index in [-0.39, 0.29) is 0 Å². The number of nitrogens with zero attached hydrogens (tertiary/aromatic N) is 1. The molecule has 0 spiro atoms. The lowest BCUT2D eigenvalue weighted by molar-refractivity contribution is 0.193. The van der Waals surface area contributed by atoms with E-state index in [4.69, 9.17) is 4.74 Å². The molecule has 0 radical (unpaired) electrons. The highest BCUT2D eigenvalue weighted by atomic mass is 16.5. The first-order valence-electron chi connectivity index (χ1n) is 6.08. The van der Waals surface area contributed by atoms with Crippen LogP contribution in [0.4, 0.5) is 0 Å². The molecule has 0 heterocycles. The van der Waals surface area contributed by atoms with Gasteiger partial charge in [0, 0.05) is 33.4 Å². The zero-order valence-corrected chi connectivity index (χ0v) is 10.9. The van der Waals surface area contributed by atoms with E-state index >= 15 is 0 Å². The first-order valence-corrected chi connectivity index (χ1v) is 6.08. The summed E-state index contributed by atoms with van der Waals surface area (Å²) in [5, 5.41) is 3.42. The number of rotatable bonds is 10. The molecule has 0 rings (SSSR count). The Labute approximate surface area is 95.2 Å². The normalized spacial score (nSPS) is 13.4. The molecule has 0 aromatic heterocycles. The molecule has 0 aliphatic rings. The summed E-state index contributed by atoms with van der Waals surface area (Å²) in [7, 11) is 3.95. The third kappa shape index (κ3) is 10.2. The first-order chi connectivity index (χ1) is 7.20. The third-order valence-corrected chi connectivity index (χ3v) is 2.69. The summed E-state index contributed by atoms with van der Waals surface area (Å²) in [6, 6.07) is 0. The molecule has 1 atom stereocenters. The van der Waals surface area contributed by atoms with Crippen LogP contribution in [0.15, 0.2) is 0 Å². The fourth-order valence-corrected chi connectivity index (χ4v) is 1.49. The van der Waals surface area contributed by atoms with Crippen LogP contribution in [0.25, 0.3) is 0 Å². The van der Waals surface area contributed by atoms with Crippen molar-refractivity contribution in [2.24, 2.45) is 5.92 Å². The third-order valence-electron chi connectivity index (χ3n) is 2.69. The topological polar surface area (TPSA) is 24.5 Å². The Morgan fingerprint density at radius 2 is 2.07 bits per heavy atom. The molecule has 0 aliphatic heterocycles. The molecule has 0 saturated heterocycles. The van der Waals surface area contributed by atoms with E-state index in [0.717, 1.165) is 38.6 Å². The second kappa shape index (κ2) is 10.4. The zero-order valence-electron chi connectivity index (χ0n) is 10.9. The van der Waals surface area contributed by atoms with Crippen molar-refractivity contribution in [2.45, 2.75) is 26.7 Å². The van der Waals surface area contributed by atoms with Crippen LogP contribution >= 0.6 is 0 Å². The van der Waals surface area contributed by atoms with E-state index in [1.807, 2.05) is 0 Å². The van der Waals surface area contributed by atoms with Crippen molar-refractivity contribution in [2.75, 3.05) is 46.9 Å². The van der Waals surface area contributed by atoms with E-state index in [0.29, 0.717) is 0 Å². The minimum absolute atomic E-state index is 0.809. The van der Waals surface area contributed by atoms with Crippen LogP contribution in [-0.4, -0.2) is 51.8 Å². The van der Waals surface area contributed by atoms with E-state index in [9.17, 15) is 0 Å². The SMILES string of the molecule is CCC(C)CN(C)CCNCCCOC. The summed E-state index contributed by atoms with van der Waals surface area (Å²) in [4.78, 5) is 2.40. The van der Waals surface area contributed by atoms with Crippen LogP contribution in [0.3, 0.4) is 0 Å². The summed E-state index contributed by atoms with van der Waals surface area (Å²) >= 11 is 0. The fraction of sp³-hybridized carbons (Fsp3) is 1.00. The van der Waals surface area contributed by atoms with Gasteiger partial charge in [0.15, 0.2) is 0 Å². The number of hydrogen-bond acceptors (Lipinski definition) is 3. The van der Waals surface area contributed by atoms with Gasteiger partial charge in [0.05, 0.1) is 0 Å². The van der Waals surface area contributed by atoms with Crippen LogP contribution in [0.2, 0.25) is 0 Å². The minimum Gasteiger partial charge on any atom is -0.385 e. The minimum atomic E-state index is 0.809. The van der Waals surface area contributed by atoms with Gasteiger partial charge in [0.25, 0.3) is 0 Å². The van der Waals surface area contributed by atoms with Crippen molar-refractivity contribution in [3.8, 4) is 0 Å². The second-order valence-corrected chi connectivity index (χ2v) is 4.37. The molecule has 1 unspecified atom stereocenters. The van der Waals surface area contributed by atoms with Gasteiger partial charge in [-0.2, -0.15) is 0 Å². The zero-order chi connectivity index (χ0) is 11.5. The smallest absolute Gasteiger partial charge is 0.0474 e. The lowest BCUT2D eigenvalue weighted by Gasteiger charge is -2.20. The molecule has 3 heteroatoms. The number of ether oxygens (including phenoxy) is 1. The highest BCUT2D eigenvalue weighted by Gasteiger charge is 2.03. The molecule has 15 heavy (non-hydrogen) atoms. The predicted octanol–water partition coefficient (Wildman–Crippen LogP) is 1.59. The largest absolute Gasteiger partial charge is 0.385 e. The van der Waals surface area contributed by atoms with Crippen molar-refractivity contribution in [1.82, 2.24) is 10.2 Å². The molecule has 1 N–H and O–H groups in total. The summed E-state index contributed by atoms with van der Waals surface area (Å²) in [6.45, 7) is 9.90. The molecule has 3 nitrogen and oxygen atoms in total. The maximum atomic E-state index is 4.99. The van der Waals surface area contributed by atoms with Crippen LogP contribution < -0.4 is 5.32 Å². The predicted molar refractivity (Wildman–Crippen MR) is 66.3 cm³/mol. The molecular formula is C12H28N2O. The van der Waals surface area contributed by atoms with Gasteiger partial charge in [-0.25, -0.2) is 0 Å². The molecule has 0 saturated carbocycles. The maximum Gasteiger partial charge on any atom is 0.0474 e. The fourth-order valence-electron chi connectivity index (χ4n) is 1.49. The number of nitrogens with one attached hydrogen (secondary N) is 1. The van der Waals surface area contributed by atoms with E-state index < -0.39 is 0 Å². The Hall–Kier alpha value is -0.120. The number of methoxy groups -OCH3 is 1. The molecule has 92 valence electrons. The van der Waals surface area contributed by atoms with Crippen molar-refractivity contribution in [3.05, 3.63) is 0 Å². The van der Waals surface area contributed by atoms with Crippen LogP contribution in [0, 0.1) is 5.92 Å².